The van der Waals surface area contributed by atoms with Crippen molar-refractivity contribution in [2.45, 2.75) is 83.6 Å². The fraction of sp³-hybridized carbons (Fsp3) is 0.455. The zero-order valence-electron chi connectivity index (χ0n) is 27.6. The Hall–Kier alpha value is -4.01. The van der Waals surface area contributed by atoms with Gasteiger partial charge in [-0.15, -0.1) is 0 Å². The first-order valence-corrected chi connectivity index (χ1v) is 18.1. The minimum Gasteiger partial charge on any atom is -0.491 e. The van der Waals surface area contributed by atoms with Crippen LogP contribution in [0.4, 0.5) is 13.2 Å². The van der Waals surface area contributed by atoms with Gasteiger partial charge >= 0.3 is 12.1 Å². The highest BCUT2D eigenvalue weighted by Gasteiger charge is 2.44. The van der Waals surface area contributed by atoms with Crippen molar-refractivity contribution >= 4 is 14.3 Å². The van der Waals surface area contributed by atoms with Crippen molar-refractivity contribution in [1.82, 2.24) is 20.6 Å². The Morgan fingerprint density at radius 1 is 0.979 bits per heavy atom. The molecule has 5 rings (SSSR count). The zero-order valence-corrected chi connectivity index (χ0v) is 28.6. The van der Waals surface area contributed by atoms with Crippen LogP contribution in [-0.4, -0.2) is 54.4 Å². The Morgan fingerprint density at radius 2 is 1.68 bits per heavy atom. The first kappa shape index (κ1) is 34.3. The van der Waals surface area contributed by atoms with Crippen LogP contribution in [0.5, 0.6) is 5.75 Å². The number of nitrogens with zero attached hydrogens (tertiary/aromatic N) is 3. The summed E-state index contributed by atoms with van der Waals surface area (Å²) in [6.07, 6.45) is -5.26. The van der Waals surface area contributed by atoms with Crippen molar-refractivity contribution in [3.8, 4) is 40.0 Å². The number of hydrogen-bond donors (Lipinski definition) is 1. The standard InChI is InChI=1S/C33H39F3N4O6Si/c1-31(2,3)43-24(41)17-37-22-18-42-23-16-20(14-15-21(23)27(22)46-47(7,8)32(4,5)6)29-38-30(45-40-29)28-25(33(34,35)36)26(39-44-28)19-12-10-9-11-13-19/h9-16,22,27,37H,17-18H2,1-8H3/t22-,27-/m0/s1. The number of hydrogen-bond acceptors (Lipinski definition) is 10. The van der Waals surface area contributed by atoms with Gasteiger partial charge in [-0.05, 0) is 45.0 Å². The molecule has 252 valence electrons. The molecule has 0 bridgehead atoms. The SMILES string of the molecule is CC(C)(C)OC(=O)CN[C@H]1COc2cc(-c3noc(-c4onc(-c5ccccc5)c4C(F)(F)F)n3)ccc2[C@@H]1O[Si](C)(C)C(C)(C)C. The molecule has 0 radical (unpaired) electrons. The molecule has 0 amide bonds. The molecule has 47 heavy (non-hydrogen) atoms. The van der Waals surface area contributed by atoms with Crippen LogP contribution in [-0.2, 0) is 20.1 Å². The van der Waals surface area contributed by atoms with Crippen LogP contribution in [0.25, 0.3) is 34.3 Å². The lowest BCUT2D eigenvalue weighted by atomic mass is 9.97. The second-order valence-corrected chi connectivity index (χ2v) is 18.7. The van der Waals surface area contributed by atoms with Gasteiger partial charge in [0.15, 0.2) is 8.32 Å². The van der Waals surface area contributed by atoms with Crippen molar-refractivity contribution in [2.24, 2.45) is 0 Å². The van der Waals surface area contributed by atoms with E-state index < -0.39 is 49.4 Å². The molecule has 3 heterocycles. The quantitative estimate of drug-likeness (QED) is 0.146. The van der Waals surface area contributed by atoms with E-state index in [1.54, 1.807) is 51.1 Å². The number of halogens is 3. The minimum absolute atomic E-state index is 0.0317. The maximum absolute atomic E-state index is 14.2. The summed E-state index contributed by atoms with van der Waals surface area (Å²) in [4.78, 5) is 16.7. The van der Waals surface area contributed by atoms with Crippen molar-refractivity contribution in [2.75, 3.05) is 13.2 Å². The van der Waals surface area contributed by atoms with Gasteiger partial charge in [0.1, 0.15) is 29.2 Å². The van der Waals surface area contributed by atoms with Crippen molar-refractivity contribution in [3.63, 3.8) is 0 Å². The van der Waals surface area contributed by atoms with Crippen LogP contribution in [0.2, 0.25) is 18.1 Å². The highest BCUT2D eigenvalue weighted by atomic mass is 28.4. The maximum atomic E-state index is 14.2. The number of benzene rings is 2. The van der Waals surface area contributed by atoms with Gasteiger partial charge < -0.3 is 22.9 Å². The first-order chi connectivity index (χ1) is 21.8. The van der Waals surface area contributed by atoms with E-state index in [-0.39, 0.29) is 41.3 Å². The van der Waals surface area contributed by atoms with E-state index in [2.05, 4.69) is 54.5 Å². The Morgan fingerprint density at radius 3 is 2.32 bits per heavy atom. The molecule has 2 aromatic heterocycles. The summed E-state index contributed by atoms with van der Waals surface area (Å²) in [6, 6.07) is 12.8. The molecule has 14 heteroatoms. The second kappa shape index (κ2) is 12.5. The van der Waals surface area contributed by atoms with E-state index in [1.165, 1.54) is 12.1 Å². The number of carbonyl (C=O) groups is 1. The largest absolute Gasteiger partial charge is 0.491 e. The van der Waals surface area contributed by atoms with Crippen LogP contribution in [0.15, 0.2) is 57.6 Å². The number of aromatic nitrogens is 3. The smallest absolute Gasteiger partial charge is 0.422 e. The normalized spacial score (nSPS) is 17.3. The van der Waals surface area contributed by atoms with Gasteiger partial charge in [-0.2, -0.15) is 18.2 Å². The zero-order chi connectivity index (χ0) is 34.4. The van der Waals surface area contributed by atoms with E-state index in [1.807, 2.05) is 6.07 Å². The summed E-state index contributed by atoms with van der Waals surface area (Å²) in [5.41, 5.74) is -0.683. The molecule has 0 saturated carbocycles. The van der Waals surface area contributed by atoms with E-state index >= 15 is 0 Å². The molecule has 1 aliphatic heterocycles. The van der Waals surface area contributed by atoms with Crippen molar-refractivity contribution in [3.05, 3.63) is 59.7 Å². The van der Waals surface area contributed by atoms with E-state index in [4.69, 9.17) is 22.9 Å². The van der Waals surface area contributed by atoms with Crippen LogP contribution in [0, 0.1) is 0 Å². The average molecular weight is 673 g/mol. The third-order valence-corrected chi connectivity index (χ3v) is 12.6. The summed E-state index contributed by atoms with van der Waals surface area (Å²) >= 11 is 0. The molecule has 1 N–H and O–H groups in total. The van der Waals surface area contributed by atoms with E-state index in [0.717, 1.165) is 5.56 Å². The van der Waals surface area contributed by atoms with Gasteiger partial charge in [0.25, 0.3) is 5.89 Å². The average Bonchev–Trinajstić information content (AvgIpc) is 3.63. The van der Waals surface area contributed by atoms with Crippen LogP contribution >= 0.6 is 0 Å². The van der Waals surface area contributed by atoms with Gasteiger partial charge in [0, 0.05) is 16.7 Å². The summed E-state index contributed by atoms with van der Waals surface area (Å²) in [6.45, 7) is 16.3. The number of fused-ring (bicyclic) bond motifs is 1. The van der Waals surface area contributed by atoms with E-state index in [9.17, 15) is 18.0 Å². The number of alkyl halides is 3. The summed E-state index contributed by atoms with van der Waals surface area (Å²) < 4.78 is 71.5. The highest BCUT2D eigenvalue weighted by Crippen LogP contribution is 2.45. The maximum Gasteiger partial charge on any atom is 0.422 e. The molecule has 0 aliphatic carbocycles. The van der Waals surface area contributed by atoms with Gasteiger partial charge in [-0.1, -0.05) is 73.5 Å². The number of esters is 1. The lowest BCUT2D eigenvalue weighted by molar-refractivity contribution is -0.154. The fourth-order valence-electron chi connectivity index (χ4n) is 4.84. The first-order valence-electron chi connectivity index (χ1n) is 15.2. The topological polar surface area (TPSA) is 122 Å². The van der Waals surface area contributed by atoms with E-state index in [0.29, 0.717) is 11.3 Å². The second-order valence-electron chi connectivity index (χ2n) is 14.0. The molecular formula is C33H39F3N4O6Si. The summed E-state index contributed by atoms with van der Waals surface area (Å²) in [5.74, 6) is -1.01. The number of ether oxygens (including phenoxy) is 2. The van der Waals surface area contributed by atoms with Crippen LogP contribution < -0.4 is 10.1 Å². The molecular weight excluding hydrogens is 633 g/mol. The van der Waals surface area contributed by atoms with Gasteiger partial charge in [0.2, 0.25) is 11.6 Å². The lowest BCUT2D eigenvalue weighted by Crippen LogP contribution is -2.51. The number of carbonyl (C=O) groups excluding carboxylic acids is 1. The molecule has 0 spiro atoms. The monoisotopic (exact) mass is 672 g/mol. The molecule has 2 aromatic carbocycles. The Bertz CT molecular complexity index is 1720. The number of nitrogens with one attached hydrogen (secondary N) is 1. The Labute approximate surface area is 272 Å². The Kier molecular flexibility index (Phi) is 9.16. The molecule has 1 aliphatic rings. The van der Waals surface area contributed by atoms with Crippen molar-refractivity contribution < 1.29 is 40.9 Å². The predicted octanol–water partition coefficient (Wildman–Crippen LogP) is 7.83. The Balaban J connectivity index is 1.45. The third-order valence-electron chi connectivity index (χ3n) is 8.16. The van der Waals surface area contributed by atoms with Crippen LogP contribution in [0.3, 0.4) is 0 Å². The molecule has 10 nitrogen and oxygen atoms in total. The molecule has 0 saturated heterocycles. The highest BCUT2D eigenvalue weighted by molar-refractivity contribution is 6.74. The fourth-order valence-corrected chi connectivity index (χ4v) is 6.12. The minimum atomic E-state index is -4.80. The summed E-state index contributed by atoms with van der Waals surface area (Å²) in [5, 5.41) is 10.8. The number of rotatable bonds is 8. The van der Waals surface area contributed by atoms with Gasteiger partial charge in [-0.3, -0.25) is 10.1 Å². The molecule has 0 unspecified atom stereocenters. The van der Waals surface area contributed by atoms with Crippen LogP contribution in [0.1, 0.15) is 58.8 Å². The predicted molar refractivity (Wildman–Crippen MR) is 170 cm³/mol. The molecule has 0 fully saturated rings. The van der Waals surface area contributed by atoms with Crippen molar-refractivity contribution in [1.29, 1.82) is 0 Å². The molecule has 4 aromatic rings. The van der Waals surface area contributed by atoms with Gasteiger partial charge in [0.05, 0.1) is 18.7 Å². The van der Waals surface area contributed by atoms with Gasteiger partial charge in [-0.25, -0.2) is 0 Å². The lowest BCUT2D eigenvalue weighted by Gasteiger charge is -2.43. The summed E-state index contributed by atoms with van der Waals surface area (Å²) in [7, 11) is -2.31. The molecule has 2 atom stereocenters. The third kappa shape index (κ3) is 7.60.